The number of rotatable bonds is 2. The Labute approximate surface area is 151 Å². The molecule has 104 valence electrons. The number of carboxylic acids is 1. The smallest absolute Gasteiger partial charge is 0.327 e. The summed E-state index contributed by atoms with van der Waals surface area (Å²) >= 11 is 16.6. The zero-order chi connectivity index (χ0) is 15.3. The lowest BCUT2D eigenvalue weighted by molar-refractivity contribution is -0.131. The van der Waals surface area contributed by atoms with Gasteiger partial charge in [-0.1, -0.05) is 6.58 Å². The molecule has 0 bridgehead atoms. The summed E-state index contributed by atoms with van der Waals surface area (Å²) < 4.78 is 3.52. The molecular weight excluding hydrogens is 582 g/mol. The molecular formula is C10H6Br5NO3. The summed E-state index contributed by atoms with van der Waals surface area (Å²) in [6.07, 6.45) is 0.833. The first-order valence-electron chi connectivity index (χ1n) is 4.31. The van der Waals surface area contributed by atoms with Crippen LogP contribution < -0.4 is 5.73 Å². The van der Waals surface area contributed by atoms with Crippen molar-refractivity contribution in [2.24, 2.45) is 5.73 Å². The van der Waals surface area contributed by atoms with Crippen molar-refractivity contribution in [1.29, 1.82) is 0 Å². The summed E-state index contributed by atoms with van der Waals surface area (Å²) in [5.41, 5.74) is 5.64. The molecule has 19 heavy (non-hydrogen) atoms. The highest BCUT2D eigenvalue weighted by atomic mass is 79.9. The number of aliphatic carboxylic acids is 1. The van der Waals surface area contributed by atoms with Crippen LogP contribution in [0.15, 0.2) is 35.0 Å². The number of carbonyl (C=O) groups is 2. The Balaban J connectivity index is 0.000000555. The fraction of sp³-hybridized carbons (Fsp3) is 0. The third kappa shape index (κ3) is 5.30. The highest BCUT2D eigenvalue weighted by Gasteiger charge is 2.20. The monoisotopic (exact) mass is 583 g/mol. The third-order valence-electron chi connectivity index (χ3n) is 1.63. The molecule has 0 aliphatic heterocycles. The van der Waals surface area contributed by atoms with E-state index in [-0.39, 0.29) is 0 Å². The van der Waals surface area contributed by atoms with E-state index in [9.17, 15) is 9.59 Å². The predicted molar refractivity (Wildman–Crippen MR) is 91.3 cm³/mol. The Morgan fingerprint density at radius 3 is 1.42 bits per heavy atom. The summed E-state index contributed by atoms with van der Waals surface area (Å²) in [5, 5.41) is 7.60. The molecule has 1 rings (SSSR count). The SMILES string of the molecule is C=CC(=O)O.NC(=O)c1c(Br)c(Br)c(Br)c(Br)c1Br. The molecule has 1 aromatic carbocycles. The summed E-state index contributed by atoms with van der Waals surface area (Å²) in [5.74, 6) is -1.48. The highest BCUT2D eigenvalue weighted by molar-refractivity contribution is 9.15. The van der Waals surface area contributed by atoms with E-state index in [0.29, 0.717) is 14.5 Å². The van der Waals surface area contributed by atoms with Crippen molar-refractivity contribution in [1.82, 2.24) is 0 Å². The number of amides is 1. The second kappa shape index (κ2) is 8.56. The first-order valence-corrected chi connectivity index (χ1v) is 8.28. The van der Waals surface area contributed by atoms with Crippen molar-refractivity contribution in [3.63, 3.8) is 0 Å². The maximum absolute atomic E-state index is 11.2. The quantitative estimate of drug-likeness (QED) is 0.295. The molecule has 0 aliphatic rings. The highest BCUT2D eigenvalue weighted by Crippen LogP contribution is 2.44. The minimum atomic E-state index is -0.981. The van der Waals surface area contributed by atoms with Gasteiger partial charge in [0.2, 0.25) is 0 Å². The van der Waals surface area contributed by atoms with E-state index in [1.165, 1.54) is 0 Å². The average Bonchev–Trinajstić information content (AvgIpc) is 2.34. The molecule has 9 heteroatoms. The van der Waals surface area contributed by atoms with Crippen LogP contribution in [-0.2, 0) is 4.79 Å². The fourth-order valence-electron chi connectivity index (χ4n) is 0.821. The van der Waals surface area contributed by atoms with Crippen molar-refractivity contribution in [2.45, 2.75) is 0 Å². The zero-order valence-electron chi connectivity index (χ0n) is 9.02. The van der Waals surface area contributed by atoms with Crippen molar-refractivity contribution in [3.05, 3.63) is 40.6 Å². The van der Waals surface area contributed by atoms with E-state index in [4.69, 9.17) is 10.8 Å². The molecule has 0 radical (unpaired) electrons. The Kier molecular flexibility index (Phi) is 8.69. The molecule has 0 heterocycles. The number of nitrogens with two attached hydrogens (primary N) is 1. The largest absolute Gasteiger partial charge is 0.478 e. The lowest BCUT2D eigenvalue weighted by atomic mass is 10.2. The van der Waals surface area contributed by atoms with Crippen LogP contribution in [0.1, 0.15) is 10.4 Å². The van der Waals surface area contributed by atoms with Gasteiger partial charge in [-0.3, -0.25) is 4.79 Å². The minimum absolute atomic E-state index is 0.395. The van der Waals surface area contributed by atoms with Gasteiger partial charge in [-0.15, -0.1) is 0 Å². The minimum Gasteiger partial charge on any atom is -0.478 e. The first kappa shape index (κ1) is 19.3. The van der Waals surface area contributed by atoms with Crippen LogP contribution in [0, 0.1) is 0 Å². The first-order chi connectivity index (χ1) is 8.64. The van der Waals surface area contributed by atoms with Gasteiger partial charge in [0, 0.05) is 28.4 Å². The topological polar surface area (TPSA) is 80.4 Å². The number of carbonyl (C=O) groups excluding carboxylic acids is 1. The molecule has 1 aromatic rings. The molecule has 0 aromatic heterocycles. The van der Waals surface area contributed by atoms with E-state index in [1.54, 1.807) is 0 Å². The molecule has 4 nitrogen and oxygen atoms in total. The lowest BCUT2D eigenvalue weighted by Crippen LogP contribution is -2.13. The Hall–Kier alpha value is 0.300. The number of benzene rings is 1. The van der Waals surface area contributed by atoms with Gasteiger partial charge in [-0.05, 0) is 79.6 Å². The summed E-state index contributed by atoms with van der Waals surface area (Å²) in [4.78, 5) is 20.4. The van der Waals surface area contributed by atoms with Gasteiger partial charge < -0.3 is 10.8 Å². The van der Waals surface area contributed by atoms with Gasteiger partial charge in [0.15, 0.2) is 0 Å². The second-order valence-corrected chi connectivity index (χ2v) is 6.82. The van der Waals surface area contributed by atoms with Crippen LogP contribution in [0.3, 0.4) is 0 Å². The van der Waals surface area contributed by atoms with Crippen molar-refractivity contribution >= 4 is 91.5 Å². The Bertz CT molecular complexity index is 515. The zero-order valence-corrected chi connectivity index (χ0v) is 16.9. The van der Waals surface area contributed by atoms with Crippen LogP contribution in [0.25, 0.3) is 0 Å². The number of halogens is 5. The van der Waals surface area contributed by atoms with E-state index in [0.717, 1.165) is 19.5 Å². The fourth-order valence-corrected chi connectivity index (χ4v) is 4.26. The maximum atomic E-state index is 11.2. The molecule has 0 atom stereocenters. The van der Waals surface area contributed by atoms with Crippen molar-refractivity contribution in [2.75, 3.05) is 0 Å². The van der Waals surface area contributed by atoms with Crippen molar-refractivity contribution in [3.8, 4) is 0 Å². The van der Waals surface area contributed by atoms with Crippen LogP contribution >= 0.6 is 79.6 Å². The second-order valence-electron chi connectivity index (χ2n) is 2.85. The summed E-state index contributed by atoms with van der Waals surface area (Å²) in [6.45, 7) is 2.96. The molecule has 3 N–H and O–H groups in total. The third-order valence-corrected chi connectivity index (χ3v) is 7.72. The molecule has 0 spiro atoms. The van der Waals surface area contributed by atoms with Gasteiger partial charge in [0.05, 0.1) is 5.56 Å². The molecule has 0 unspecified atom stereocenters. The van der Waals surface area contributed by atoms with Crippen LogP contribution in [-0.4, -0.2) is 17.0 Å². The van der Waals surface area contributed by atoms with Crippen LogP contribution in [0.5, 0.6) is 0 Å². The number of hydrogen-bond donors (Lipinski definition) is 2. The molecule has 0 saturated carbocycles. The molecule has 0 saturated heterocycles. The van der Waals surface area contributed by atoms with Gasteiger partial charge in [-0.25, -0.2) is 4.79 Å². The van der Waals surface area contributed by atoms with E-state index >= 15 is 0 Å². The Morgan fingerprint density at radius 1 is 0.947 bits per heavy atom. The van der Waals surface area contributed by atoms with Gasteiger partial charge >= 0.3 is 5.97 Å². The summed E-state index contributed by atoms with van der Waals surface area (Å²) in [6, 6.07) is 0. The summed E-state index contributed by atoms with van der Waals surface area (Å²) in [7, 11) is 0. The van der Waals surface area contributed by atoms with E-state index in [1.807, 2.05) is 0 Å². The molecule has 0 fully saturated rings. The number of carboxylic acid groups (broad SMARTS) is 1. The number of hydrogen-bond acceptors (Lipinski definition) is 2. The van der Waals surface area contributed by atoms with Crippen molar-refractivity contribution < 1.29 is 14.7 Å². The van der Waals surface area contributed by atoms with E-state index in [2.05, 4.69) is 86.2 Å². The van der Waals surface area contributed by atoms with Crippen LogP contribution in [0.2, 0.25) is 0 Å². The van der Waals surface area contributed by atoms with Gasteiger partial charge in [-0.2, -0.15) is 0 Å². The lowest BCUT2D eigenvalue weighted by Gasteiger charge is -2.10. The molecule has 0 aliphatic carbocycles. The number of primary amides is 1. The van der Waals surface area contributed by atoms with Crippen LogP contribution in [0.4, 0.5) is 0 Å². The van der Waals surface area contributed by atoms with E-state index < -0.39 is 11.9 Å². The normalized spacial score (nSPS) is 9.32. The standard InChI is InChI=1S/C7H2Br5NO.C3H4O2/c8-2-1(7(13)14)3(9)5(11)6(12)4(2)10;1-2-3(4)5/h(H2,13,14);2H,1H2,(H,4,5). The molecule has 1 amide bonds. The Morgan fingerprint density at radius 2 is 1.21 bits per heavy atom. The average molecular weight is 588 g/mol. The van der Waals surface area contributed by atoms with Gasteiger partial charge in [0.25, 0.3) is 5.91 Å². The maximum Gasteiger partial charge on any atom is 0.327 e. The van der Waals surface area contributed by atoms with Gasteiger partial charge in [0.1, 0.15) is 0 Å². The predicted octanol–water partition coefficient (Wildman–Crippen LogP) is 4.86.